The lowest BCUT2D eigenvalue weighted by molar-refractivity contribution is -0.664. The number of piperazine rings is 1. The minimum absolute atomic E-state index is 0.353. The maximum atomic E-state index is 2.69. The van der Waals surface area contributed by atoms with Crippen molar-refractivity contribution in [3.63, 3.8) is 0 Å². The molecule has 2 fully saturated rings. The lowest BCUT2D eigenvalue weighted by atomic mass is 9.97. The van der Waals surface area contributed by atoms with Gasteiger partial charge in [-0.3, -0.25) is 4.90 Å². The molecule has 0 amide bonds. The smallest absolute Gasteiger partial charge is 0.0758 e. The lowest BCUT2D eigenvalue weighted by Crippen LogP contribution is -2.86. The zero-order chi connectivity index (χ0) is 12.3. The summed E-state index contributed by atoms with van der Waals surface area (Å²) in [5, 5.41) is 2.47. The van der Waals surface area contributed by atoms with Gasteiger partial charge in [0.25, 0.3) is 0 Å². The largest absolute Gasteiger partial charge is 0.346 e. The fourth-order valence-electron chi connectivity index (χ4n) is 3.14. The zero-order valence-corrected chi connectivity index (χ0v) is 11.9. The van der Waals surface area contributed by atoms with Crippen molar-refractivity contribution in [1.29, 1.82) is 0 Å². The Kier molecular flexibility index (Phi) is 4.45. The zero-order valence-electron chi connectivity index (χ0n) is 11.9. The Morgan fingerprint density at radius 1 is 1.00 bits per heavy atom. The molecule has 2 aliphatic heterocycles. The van der Waals surface area contributed by atoms with Gasteiger partial charge >= 0.3 is 0 Å². The van der Waals surface area contributed by atoms with E-state index in [4.69, 9.17) is 0 Å². The molecular formula is C14H30N3+. The van der Waals surface area contributed by atoms with Crippen molar-refractivity contribution in [1.82, 2.24) is 9.80 Å². The number of hydrogen-bond acceptors (Lipinski definition) is 2. The number of hydrogen-bond donors (Lipinski definition) is 1. The summed E-state index contributed by atoms with van der Waals surface area (Å²) in [7, 11) is 0. The second-order valence-corrected chi connectivity index (χ2v) is 6.77. The van der Waals surface area contributed by atoms with Gasteiger partial charge in [0.05, 0.1) is 13.1 Å². The van der Waals surface area contributed by atoms with Gasteiger partial charge < -0.3 is 10.2 Å². The van der Waals surface area contributed by atoms with Gasteiger partial charge in [-0.25, -0.2) is 0 Å². The Morgan fingerprint density at radius 3 is 2.12 bits per heavy atom. The summed E-state index contributed by atoms with van der Waals surface area (Å²) < 4.78 is 0. The standard InChI is InChI=1S/C14H29N3/c1-14(2,3)17-10-8-16(9-11-17)12-13-4-6-15-7-5-13/h13,15H,4-12H2,1-3H3/p+1. The highest BCUT2D eigenvalue weighted by Crippen LogP contribution is 2.18. The van der Waals surface area contributed by atoms with Crippen LogP contribution < -0.4 is 5.32 Å². The highest BCUT2D eigenvalue weighted by molar-refractivity contribution is 4.82. The van der Waals surface area contributed by atoms with Crippen LogP contribution in [0.25, 0.3) is 0 Å². The first-order chi connectivity index (χ1) is 8.05. The van der Waals surface area contributed by atoms with Crippen molar-refractivity contribution >= 4 is 0 Å². The Labute approximate surface area is 107 Å². The van der Waals surface area contributed by atoms with Crippen LogP contribution in [-0.2, 0) is 0 Å². The number of nitrogens with zero attached hydrogens (tertiary/aromatic N) is 2. The number of nitrogens with two attached hydrogens (primary N) is 1. The summed E-state index contributed by atoms with van der Waals surface area (Å²) in [4.78, 5) is 5.32. The first-order valence-corrected chi connectivity index (χ1v) is 7.35. The molecule has 2 heterocycles. The summed E-state index contributed by atoms with van der Waals surface area (Å²) in [6, 6.07) is 0. The summed E-state index contributed by atoms with van der Waals surface area (Å²) in [6.45, 7) is 16.1. The summed E-state index contributed by atoms with van der Waals surface area (Å²) in [5.41, 5.74) is 0.353. The fourth-order valence-corrected chi connectivity index (χ4v) is 3.14. The molecule has 0 aliphatic carbocycles. The molecule has 0 aromatic carbocycles. The van der Waals surface area contributed by atoms with Gasteiger partial charge in [-0.1, -0.05) is 0 Å². The van der Waals surface area contributed by atoms with Crippen LogP contribution in [0, 0.1) is 5.92 Å². The Morgan fingerprint density at radius 2 is 1.59 bits per heavy atom. The van der Waals surface area contributed by atoms with E-state index in [1.807, 2.05) is 0 Å². The van der Waals surface area contributed by atoms with Crippen molar-refractivity contribution in [2.24, 2.45) is 5.92 Å². The minimum atomic E-state index is 0.353. The average molecular weight is 240 g/mol. The van der Waals surface area contributed by atoms with Crippen LogP contribution in [0.5, 0.6) is 0 Å². The molecule has 2 rings (SSSR count). The molecule has 0 unspecified atom stereocenters. The summed E-state index contributed by atoms with van der Waals surface area (Å²) in [6.07, 6.45) is 2.86. The van der Waals surface area contributed by atoms with Crippen molar-refractivity contribution in [2.45, 2.75) is 39.2 Å². The molecule has 100 valence electrons. The third-order valence-corrected chi connectivity index (χ3v) is 4.40. The predicted molar refractivity (Wildman–Crippen MR) is 72.1 cm³/mol. The third-order valence-electron chi connectivity index (χ3n) is 4.40. The monoisotopic (exact) mass is 240 g/mol. The van der Waals surface area contributed by atoms with E-state index in [2.05, 4.69) is 35.9 Å². The topological polar surface area (TPSA) is 23.1 Å². The first kappa shape index (κ1) is 13.3. The Hall–Kier alpha value is -0.120. The minimum Gasteiger partial charge on any atom is -0.346 e. The average Bonchev–Trinajstić information content (AvgIpc) is 2.30. The SMILES string of the molecule is CC(C)(C)N1CCN(CC2CC[NH2+]CC2)CC1. The van der Waals surface area contributed by atoms with Crippen LogP contribution in [-0.4, -0.2) is 61.2 Å². The van der Waals surface area contributed by atoms with Crippen molar-refractivity contribution < 1.29 is 5.32 Å². The van der Waals surface area contributed by atoms with Crippen LogP contribution in [0.4, 0.5) is 0 Å². The van der Waals surface area contributed by atoms with Crippen LogP contribution in [0.3, 0.4) is 0 Å². The van der Waals surface area contributed by atoms with E-state index in [-0.39, 0.29) is 0 Å². The maximum absolute atomic E-state index is 2.69. The normalized spacial score (nSPS) is 26.3. The van der Waals surface area contributed by atoms with Gasteiger partial charge in [-0.05, 0) is 26.7 Å². The Balaban J connectivity index is 1.71. The molecule has 3 nitrogen and oxygen atoms in total. The second-order valence-electron chi connectivity index (χ2n) is 6.77. The number of quaternary nitrogens is 1. The van der Waals surface area contributed by atoms with Gasteiger partial charge in [0, 0.05) is 51.1 Å². The van der Waals surface area contributed by atoms with Crippen LogP contribution in [0.2, 0.25) is 0 Å². The van der Waals surface area contributed by atoms with Crippen LogP contribution >= 0.6 is 0 Å². The van der Waals surface area contributed by atoms with E-state index in [0.29, 0.717) is 5.54 Å². The van der Waals surface area contributed by atoms with Crippen LogP contribution in [0.1, 0.15) is 33.6 Å². The van der Waals surface area contributed by atoms with E-state index in [9.17, 15) is 0 Å². The first-order valence-electron chi connectivity index (χ1n) is 7.35. The molecule has 2 aliphatic rings. The molecule has 0 aromatic heterocycles. The third kappa shape index (κ3) is 3.94. The highest BCUT2D eigenvalue weighted by atomic mass is 15.3. The van der Waals surface area contributed by atoms with E-state index < -0.39 is 0 Å². The molecular weight excluding hydrogens is 210 g/mol. The molecule has 3 heteroatoms. The van der Waals surface area contributed by atoms with Gasteiger partial charge in [-0.15, -0.1) is 0 Å². The quantitative estimate of drug-likeness (QED) is 0.754. The summed E-state index contributed by atoms with van der Waals surface area (Å²) >= 11 is 0. The molecule has 17 heavy (non-hydrogen) atoms. The van der Waals surface area contributed by atoms with Crippen molar-refractivity contribution in [2.75, 3.05) is 45.8 Å². The molecule has 0 spiro atoms. The molecule has 2 saturated heterocycles. The fraction of sp³-hybridized carbons (Fsp3) is 1.00. The van der Waals surface area contributed by atoms with E-state index >= 15 is 0 Å². The highest BCUT2D eigenvalue weighted by Gasteiger charge is 2.27. The molecule has 0 saturated carbocycles. The number of rotatable bonds is 2. The van der Waals surface area contributed by atoms with Gasteiger partial charge in [-0.2, -0.15) is 0 Å². The summed E-state index contributed by atoms with van der Waals surface area (Å²) in [5.74, 6) is 0.973. The molecule has 0 atom stereocenters. The molecule has 2 N–H and O–H groups in total. The van der Waals surface area contributed by atoms with E-state index in [0.717, 1.165) is 5.92 Å². The molecule has 0 bridgehead atoms. The molecule has 0 radical (unpaired) electrons. The van der Waals surface area contributed by atoms with Crippen molar-refractivity contribution in [3.8, 4) is 0 Å². The van der Waals surface area contributed by atoms with Crippen LogP contribution in [0.15, 0.2) is 0 Å². The lowest BCUT2D eigenvalue weighted by Gasteiger charge is -2.43. The maximum Gasteiger partial charge on any atom is 0.0758 e. The second kappa shape index (κ2) is 5.68. The van der Waals surface area contributed by atoms with Gasteiger partial charge in [0.2, 0.25) is 0 Å². The molecule has 0 aromatic rings. The van der Waals surface area contributed by atoms with E-state index in [1.54, 1.807) is 0 Å². The van der Waals surface area contributed by atoms with Gasteiger partial charge in [0.15, 0.2) is 0 Å². The van der Waals surface area contributed by atoms with Crippen molar-refractivity contribution in [3.05, 3.63) is 0 Å². The Bertz CT molecular complexity index is 220. The van der Waals surface area contributed by atoms with E-state index in [1.165, 1.54) is 58.7 Å². The predicted octanol–water partition coefficient (Wildman–Crippen LogP) is 0.376. The number of piperidine rings is 1. The van der Waals surface area contributed by atoms with Gasteiger partial charge in [0.1, 0.15) is 0 Å².